The van der Waals surface area contributed by atoms with Crippen LogP contribution in [-0.4, -0.2) is 27.1 Å². The molecule has 126 valence electrons. The normalized spacial score (nSPS) is 10.9. The van der Waals surface area contributed by atoms with Crippen LogP contribution in [-0.2, 0) is 10.0 Å². The van der Waals surface area contributed by atoms with E-state index in [0.29, 0.717) is 16.9 Å². The third kappa shape index (κ3) is 4.46. The minimum absolute atomic E-state index is 0.168. The number of hydrogen-bond donors (Lipinski definition) is 1. The maximum atomic E-state index is 12.3. The minimum atomic E-state index is -3.41. The van der Waals surface area contributed by atoms with Gasteiger partial charge in [0.05, 0.1) is 24.2 Å². The first-order chi connectivity index (χ1) is 11.3. The molecule has 5 nitrogen and oxygen atoms in total. The molecule has 2 rings (SSSR count). The lowest BCUT2D eigenvalue weighted by Gasteiger charge is -2.20. The largest absolute Gasteiger partial charge is 0.321 e. The topological polar surface area (TPSA) is 66.5 Å². The summed E-state index contributed by atoms with van der Waals surface area (Å²) in [5.41, 5.74) is 1.58. The van der Waals surface area contributed by atoms with Gasteiger partial charge in [0.25, 0.3) is 5.91 Å². The fourth-order valence-corrected chi connectivity index (χ4v) is 3.35. The molecule has 0 aliphatic heterocycles. The van der Waals surface area contributed by atoms with Gasteiger partial charge in [-0.25, -0.2) is 8.42 Å². The molecule has 2 aromatic carbocycles. The molecule has 0 saturated carbocycles. The molecule has 0 heterocycles. The highest BCUT2D eigenvalue weighted by Crippen LogP contribution is 2.23. The van der Waals surface area contributed by atoms with Crippen LogP contribution in [0.5, 0.6) is 0 Å². The molecule has 2 aromatic rings. The van der Waals surface area contributed by atoms with Crippen LogP contribution in [0.2, 0.25) is 0 Å². The molecule has 0 saturated heterocycles. The Balaban J connectivity index is 2.21. The summed E-state index contributed by atoms with van der Waals surface area (Å²) in [6, 6.07) is 13.7. The number of para-hydroxylation sites is 1. The summed E-state index contributed by atoms with van der Waals surface area (Å²) < 4.78 is 25.6. The molecule has 0 aromatic heterocycles. The second-order valence-electron chi connectivity index (χ2n) is 5.06. The number of anilines is 2. The maximum absolute atomic E-state index is 12.3. The van der Waals surface area contributed by atoms with Gasteiger partial charge in [0.1, 0.15) is 0 Å². The van der Waals surface area contributed by atoms with Crippen molar-refractivity contribution in [2.24, 2.45) is 0 Å². The SMILES string of the molecule is C=CCN(c1ccc(C(=O)Nc2ccccc2Br)cc1)S(C)(=O)=O. The molecule has 0 unspecified atom stereocenters. The molecule has 1 amide bonds. The van der Waals surface area contributed by atoms with Crippen LogP contribution in [0.1, 0.15) is 10.4 Å². The summed E-state index contributed by atoms with van der Waals surface area (Å²) in [6.07, 6.45) is 2.64. The zero-order valence-corrected chi connectivity index (χ0v) is 15.5. The summed E-state index contributed by atoms with van der Waals surface area (Å²) in [5, 5.41) is 2.80. The van der Waals surface area contributed by atoms with E-state index in [1.165, 1.54) is 10.4 Å². The van der Waals surface area contributed by atoms with E-state index in [0.717, 1.165) is 10.7 Å². The van der Waals surface area contributed by atoms with Gasteiger partial charge in [-0.05, 0) is 52.3 Å². The number of sulfonamides is 1. The van der Waals surface area contributed by atoms with E-state index in [1.807, 2.05) is 18.2 Å². The third-order valence-electron chi connectivity index (χ3n) is 3.23. The van der Waals surface area contributed by atoms with Gasteiger partial charge in [-0.2, -0.15) is 0 Å². The number of benzene rings is 2. The Kier molecular flexibility index (Phi) is 5.80. The van der Waals surface area contributed by atoms with Gasteiger partial charge >= 0.3 is 0 Å². The van der Waals surface area contributed by atoms with Crippen molar-refractivity contribution in [3.63, 3.8) is 0 Å². The first-order valence-corrected chi connectivity index (χ1v) is 9.71. The van der Waals surface area contributed by atoms with Crippen molar-refractivity contribution in [2.45, 2.75) is 0 Å². The monoisotopic (exact) mass is 408 g/mol. The molecule has 0 spiro atoms. The molecule has 0 fully saturated rings. The smallest absolute Gasteiger partial charge is 0.255 e. The van der Waals surface area contributed by atoms with E-state index in [2.05, 4.69) is 27.8 Å². The minimum Gasteiger partial charge on any atom is -0.321 e. The number of halogens is 1. The maximum Gasteiger partial charge on any atom is 0.255 e. The van der Waals surface area contributed by atoms with E-state index in [4.69, 9.17) is 0 Å². The van der Waals surface area contributed by atoms with Crippen molar-refractivity contribution < 1.29 is 13.2 Å². The summed E-state index contributed by atoms with van der Waals surface area (Å²) in [5.74, 6) is -0.275. The number of amides is 1. The lowest BCUT2D eigenvalue weighted by Crippen LogP contribution is -2.29. The Bertz CT molecular complexity index is 848. The number of rotatable bonds is 6. The molecule has 0 radical (unpaired) electrons. The number of carbonyl (C=O) groups excluding carboxylic acids is 1. The predicted molar refractivity (Wildman–Crippen MR) is 101 cm³/mol. The Morgan fingerprint density at radius 1 is 1.21 bits per heavy atom. The lowest BCUT2D eigenvalue weighted by atomic mass is 10.2. The molecule has 24 heavy (non-hydrogen) atoms. The van der Waals surface area contributed by atoms with Gasteiger partial charge in [-0.3, -0.25) is 9.10 Å². The molecule has 1 N–H and O–H groups in total. The van der Waals surface area contributed by atoms with E-state index >= 15 is 0 Å². The summed E-state index contributed by atoms with van der Waals surface area (Å²) in [7, 11) is -3.41. The van der Waals surface area contributed by atoms with E-state index in [-0.39, 0.29) is 12.5 Å². The van der Waals surface area contributed by atoms with Crippen molar-refractivity contribution in [1.29, 1.82) is 0 Å². The summed E-state index contributed by atoms with van der Waals surface area (Å²) in [6.45, 7) is 3.73. The second kappa shape index (κ2) is 7.63. The van der Waals surface area contributed by atoms with E-state index in [1.54, 1.807) is 30.3 Å². The van der Waals surface area contributed by atoms with Gasteiger partial charge in [0.2, 0.25) is 10.0 Å². The Morgan fingerprint density at radius 2 is 1.83 bits per heavy atom. The van der Waals surface area contributed by atoms with Gasteiger partial charge in [0, 0.05) is 10.0 Å². The van der Waals surface area contributed by atoms with Gasteiger partial charge < -0.3 is 5.32 Å². The van der Waals surface area contributed by atoms with Crippen LogP contribution in [0.3, 0.4) is 0 Å². The van der Waals surface area contributed by atoms with Gasteiger partial charge in [0.15, 0.2) is 0 Å². The third-order valence-corrected chi connectivity index (χ3v) is 5.09. The van der Waals surface area contributed by atoms with Crippen molar-refractivity contribution in [1.82, 2.24) is 0 Å². The fourth-order valence-electron chi connectivity index (χ4n) is 2.09. The van der Waals surface area contributed by atoms with Crippen LogP contribution in [0.25, 0.3) is 0 Å². The van der Waals surface area contributed by atoms with Crippen LogP contribution >= 0.6 is 15.9 Å². The number of nitrogens with zero attached hydrogens (tertiary/aromatic N) is 1. The van der Waals surface area contributed by atoms with Crippen LogP contribution in [0.15, 0.2) is 65.7 Å². The average Bonchev–Trinajstić information content (AvgIpc) is 2.54. The highest BCUT2D eigenvalue weighted by atomic mass is 79.9. The lowest BCUT2D eigenvalue weighted by molar-refractivity contribution is 0.102. The van der Waals surface area contributed by atoms with E-state index in [9.17, 15) is 13.2 Å². The van der Waals surface area contributed by atoms with E-state index < -0.39 is 10.0 Å². The summed E-state index contributed by atoms with van der Waals surface area (Å²) in [4.78, 5) is 12.3. The second-order valence-corrected chi connectivity index (χ2v) is 7.82. The molecule has 0 bridgehead atoms. The van der Waals surface area contributed by atoms with Crippen molar-refractivity contribution in [3.05, 3.63) is 71.2 Å². The van der Waals surface area contributed by atoms with Gasteiger partial charge in [-0.1, -0.05) is 18.2 Å². The quantitative estimate of drug-likeness (QED) is 0.741. The number of nitrogens with one attached hydrogen (secondary N) is 1. The van der Waals surface area contributed by atoms with Crippen molar-refractivity contribution in [2.75, 3.05) is 22.4 Å². The fraction of sp³-hybridized carbons (Fsp3) is 0.118. The zero-order chi connectivity index (χ0) is 17.7. The molecular weight excluding hydrogens is 392 g/mol. The molecule has 7 heteroatoms. The highest BCUT2D eigenvalue weighted by Gasteiger charge is 2.16. The predicted octanol–water partition coefficient (Wildman–Crippen LogP) is 3.65. The molecule has 0 aliphatic rings. The molecule has 0 aliphatic carbocycles. The zero-order valence-electron chi connectivity index (χ0n) is 13.1. The number of hydrogen-bond acceptors (Lipinski definition) is 3. The highest BCUT2D eigenvalue weighted by molar-refractivity contribution is 9.10. The van der Waals surface area contributed by atoms with Gasteiger partial charge in [-0.15, -0.1) is 6.58 Å². The van der Waals surface area contributed by atoms with Crippen molar-refractivity contribution >= 4 is 43.2 Å². The van der Waals surface area contributed by atoms with Crippen LogP contribution < -0.4 is 9.62 Å². The Morgan fingerprint density at radius 3 is 2.38 bits per heavy atom. The Hall–Kier alpha value is -2.12. The number of carbonyl (C=O) groups is 1. The molecular formula is C17H17BrN2O3S. The first-order valence-electron chi connectivity index (χ1n) is 7.07. The van der Waals surface area contributed by atoms with Crippen LogP contribution in [0.4, 0.5) is 11.4 Å². The van der Waals surface area contributed by atoms with Crippen LogP contribution in [0, 0.1) is 0 Å². The standard InChI is InChI=1S/C17H17BrN2O3S/c1-3-12-20(24(2,22)23)14-10-8-13(9-11-14)17(21)19-16-7-5-4-6-15(16)18/h3-11H,1,12H2,2H3,(H,19,21). The first kappa shape index (κ1) is 18.2. The summed E-state index contributed by atoms with van der Waals surface area (Å²) >= 11 is 3.37. The van der Waals surface area contributed by atoms with Crippen molar-refractivity contribution in [3.8, 4) is 0 Å². The Labute approximate surface area is 150 Å². The molecule has 0 atom stereocenters. The average molecular weight is 409 g/mol.